The molecular weight excluding hydrogens is 430 g/mol. The Morgan fingerprint density at radius 1 is 1.07 bits per heavy atom. The zero-order valence-corrected chi connectivity index (χ0v) is 17.7. The van der Waals surface area contributed by atoms with Crippen molar-refractivity contribution in [3.8, 4) is 11.4 Å². The van der Waals surface area contributed by atoms with E-state index < -0.39 is 10.0 Å². The fraction of sp³-hybridized carbons (Fsp3) is 0.263. The largest absolute Gasteiger partial charge is 0.338 e. The van der Waals surface area contributed by atoms with E-state index in [1.807, 2.05) is 24.3 Å². The fourth-order valence-corrected chi connectivity index (χ4v) is 3.90. The summed E-state index contributed by atoms with van der Waals surface area (Å²) in [5, 5.41) is 3.97. The van der Waals surface area contributed by atoms with Gasteiger partial charge in [-0.25, -0.2) is 8.42 Å². The van der Waals surface area contributed by atoms with E-state index in [0.717, 1.165) is 10.0 Å². The highest BCUT2D eigenvalue weighted by molar-refractivity contribution is 9.10. The van der Waals surface area contributed by atoms with Gasteiger partial charge in [-0.1, -0.05) is 59.2 Å². The predicted molar refractivity (Wildman–Crippen MR) is 107 cm³/mol. The maximum atomic E-state index is 12.6. The van der Waals surface area contributed by atoms with Crippen molar-refractivity contribution in [1.82, 2.24) is 14.4 Å². The summed E-state index contributed by atoms with van der Waals surface area (Å²) >= 11 is 3.30. The summed E-state index contributed by atoms with van der Waals surface area (Å²) in [6.07, 6.45) is 0. The second-order valence-electron chi connectivity index (χ2n) is 6.50. The molecule has 0 aliphatic heterocycles. The lowest BCUT2D eigenvalue weighted by atomic mass is 10.0. The Morgan fingerprint density at radius 3 is 2.30 bits per heavy atom. The summed E-state index contributed by atoms with van der Waals surface area (Å²) in [7, 11) is -2.15. The third-order valence-electron chi connectivity index (χ3n) is 4.18. The van der Waals surface area contributed by atoms with Crippen LogP contribution in [0.1, 0.15) is 31.2 Å². The van der Waals surface area contributed by atoms with Crippen molar-refractivity contribution in [1.29, 1.82) is 0 Å². The summed E-state index contributed by atoms with van der Waals surface area (Å²) in [6.45, 7) is 4.25. The Kier molecular flexibility index (Phi) is 5.78. The molecule has 0 aliphatic carbocycles. The topological polar surface area (TPSA) is 76.3 Å². The molecule has 0 saturated heterocycles. The lowest BCUT2D eigenvalue weighted by Crippen LogP contribution is -2.26. The number of benzene rings is 2. The molecule has 2 aromatic carbocycles. The van der Waals surface area contributed by atoms with Crippen molar-refractivity contribution in [3.05, 3.63) is 64.5 Å². The highest BCUT2D eigenvalue weighted by Crippen LogP contribution is 2.22. The van der Waals surface area contributed by atoms with Crippen LogP contribution in [0.25, 0.3) is 11.4 Å². The number of rotatable bonds is 6. The molecule has 3 aromatic rings. The zero-order valence-electron chi connectivity index (χ0n) is 15.3. The molecule has 0 radical (unpaired) electrons. The average Bonchev–Trinajstić information content (AvgIpc) is 3.10. The third-order valence-corrected chi connectivity index (χ3v) is 6.53. The van der Waals surface area contributed by atoms with Crippen LogP contribution in [0, 0.1) is 0 Å². The van der Waals surface area contributed by atoms with Crippen LogP contribution in [0.5, 0.6) is 0 Å². The number of hydrogen-bond acceptors (Lipinski definition) is 5. The molecule has 142 valence electrons. The maximum absolute atomic E-state index is 12.6. The molecule has 3 rings (SSSR count). The first kappa shape index (κ1) is 19.7. The van der Waals surface area contributed by atoms with Crippen LogP contribution in [-0.4, -0.2) is 29.9 Å². The van der Waals surface area contributed by atoms with Crippen LogP contribution in [0.4, 0.5) is 0 Å². The smallest absolute Gasteiger partial charge is 0.243 e. The standard InChI is InChI=1S/C19H20BrN3O3S/c1-13(2)14-4-6-15(7-5-14)19-21-18(26-22-19)12-23(3)27(24,25)17-10-8-16(20)9-11-17/h4-11,13H,12H2,1-3H3. The molecule has 0 atom stereocenters. The Bertz CT molecular complexity index is 1010. The van der Waals surface area contributed by atoms with Crippen LogP contribution < -0.4 is 0 Å². The average molecular weight is 450 g/mol. The Hall–Kier alpha value is -2.03. The van der Waals surface area contributed by atoms with Crippen molar-refractivity contribution in [2.24, 2.45) is 0 Å². The molecule has 0 saturated carbocycles. The Morgan fingerprint density at radius 2 is 1.70 bits per heavy atom. The molecule has 8 heteroatoms. The number of nitrogens with zero attached hydrogens (tertiary/aromatic N) is 3. The lowest BCUT2D eigenvalue weighted by Gasteiger charge is -2.15. The van der Waals surface area contributed by atoms with Gasteiger partial charge in [-0.15, -0.1) is 0 Å². The Labute approximate surface area is 167 Å². The normalized spacial score (nSPS) is 12.1. The van der Waals surface area contributed by atoms with E-state index in [9.17, 15) is 8.42 Å². The molecule has 0 fully saturated rings. The first-order valence-corrected chi connectivity index (χ1v) is 10.7. The molecule has 6 nitrogen and oxygen atoms in total. The van der Waals surface area contributed by atoms with E-state index in [4.69, 9.17) is 4.52 Å². The molecule has 1 aromatic heterocycles. The van der Waals surface area contributed by atoms with Gasteiger partial charge in [-0.2, -0.15) is 9.29 Å². The van der Waals surface area contributed by atoms with Gasteiger partial charge in [0, 0.05) is 17.1 Å². The Balaban J connectivity index is 1.75. The summed E-state index contributed by atoms with van der Waals surface area (Å²) in [5.41, 5.74) is 2.05. The molecule has 0 aliphatic rings. The monoisotopic (exact) mass is 449 g/mol. The second-order valence-corrected chi connectivity index (χ2v) is 9.46. The van der Waals surface area contributed by atoms with Crippen LogP contribution >= 0.6 is 15.9 Å². The van der Waals surface area contributed by atoms with E-state index in [1.54, 1.807) is 24.3 Å². The van der Waals surface area contributed by atoms with Crippen LogP contribution in [0.3, 0.4) is 0 Å². The minimum absolute atomic E-state index is 0.00449. The molecule has 0 amide bonds. The van der Waals surface area contributed by atoms with Crippen LogP contribution in [0.2, 0.25) is 0 Å². The number of aromatic nitrogens is 2. The highest BCUT2D eigenvalue weighted by atomic mass is 79.9. The van der Waals surface area contributed by atoms with Gasteiger partial charge in [-0.05, 0) is 35.7 Å². The van der Waals surface area contributed by atoms with Gasteiger partial charge in [0.15, 0.2) is 0 Å². The first-order chi connectivity index (χ1) is 12.8. The van der Waals surface area contributed by atoms with E-state index in [1.165, 1.54) is 16.9 Å². The minimum Gasteiger partial charge on any atom is -0.338 e. The predicted octanol–water partition coefficient (Wildman–Crippen LogP) is 4.44. The van der Waals surface area contributed by atoms with Crippen molar-refractivity contribution >= 4 is 26.0 Å². The van der Waals surface area contributed by atoms with E-state index >= 15 is 0 Å². The SMILES string of the molecule is CC(C)c1ccc(-c2noc(CN(C)S(=O)(=O)c3ccc(Br)cc3)n2)cc1. The van der Waals surface area contributed by atoms with Crippen molar-refractivity contribution < 1.29 is 12.9 Å². The molecule has 27 heavy (non-hydrogen) atoms. The third kappa shape index (κ3) is 4.45. The zero-order chi connectivity index (χ0) is 19.6. The highest BCUT2D eigenvalue weighted by Gasteiger charge is 2.23. The quantitative estimate of drug-likeness (QED) is 0.555. The first-order valence-electron chi connectivity index (χ1n) is 8.42. The summed E-state index contributed by atoms with van der Waals surface area (Å²) < 4.78 is 32.5. The van der Waals surface area contributed by atoms with Gasteiger partial charge in [-0.3, -0.25) is 0 Å². The van der Waals surface area contributed by atoms with E-state index in [0.29, 0.717) is 11.7 Å². The number of hydrogen-bond donors (Lipinski definition) is 0. The number of halogens is 1. The molecule has 0 bridgehead atoms. The minimum atomic E-state index is -3.64. The van der Waals surface area contributed by atoms with E-state index in [2.05, 4.69) is 39.9 Å². The summed E-state index contributed by atoms with van der Waals surface area (Å²) in [4.78, 5) is 4.53. The maximum Gasteiger partial charge on any atom is 0.243 e. The molecule has 0 unspecified atom stereocenters. The van der Waals surface area contributed by atoms with Crippen LogP contribution in [-0.2, 0) is 16.6 Å². The lowest BCUT2D eigenvalue weighted by molar-refractivity contribution is 0.337. The van der Waals surface area contributed by atoms with Crippen molar-refractivity contribution in [3.63, 3.8) is 0 Å². The molecule has 0 spiro atoms. The molecular formula is C19H20BrN3O3S. The molecule has 0 N–H and O–H groups in total. The van der Waals surface area contributed by atoms with E-state index in [-0.39, 0.29) is 17.3 Å². The second kappa shape index (κ2) is 7.92. The summed E-state index contributed by atoms with van der Waals surface area (Å²) in [6, 6.07) is 14.4. The summed E-state index contributed by atoms with van der Waals surface area (Å²) in [5.74, 6) is 1.12. The van der Waals surface area contributed by atoms with Gasteiger partial charge < -0.3 is 4.52 Å². The fourth-order valence-electron chi connectivity index (χ4n) is 2.52. The van der Waals surface area contributed by atoms with Gasteiger partial charge in [0.25, 0.3) is 0 Å². The van der Waals surface area contributed by atoms with Gasteiger partial charge in [0.1, 0.15) is 0 Å². The van der Waals surface area contributed by atoms with Gasteiger partial charge >= 0.3 is 0 Å². The molecule has 1 heterocycles. The number of sulfonamides is 1. The van der Waals surface area contributed by atoms with Crippen molar-refractivity contribution in [2.45, 2.75) is 31.2 Å². The van der Waals surface area contributed by atoms with Gasteiger partial charge in [0.2, 0.25) is 21.7 Å². The van der Waals surface area contributed by atoms with Gasteiger partial charge in [0.05, 0.1) is 11.4 Å². The van der Waals surface area contributed by atoms with Crippen LogP contribution in [0.15, 0.2) is 62.4 Å². The van der Waals surface area contributed by atoms with Crippen molar-refractivity contribution in [2.75, 3.05) is 7.05 Å².